The molecule has 4 aliphatic rings. The van der Waals surface area contributed by atoms with Gasteiger partial charge in [-0.2, -0.15) is 0 Å². The normalized spacial score (nSPS) is 31.2. The Balaban J connectivity index is 1.23. The fourth-order valence-corrected chi connectivity index (χ4v) is 6.80. The van der Waals surface area contributed by atoms with Crippen LogP contribution in [0.3, 0.4) is 0 Å². The lowest BCUT2D eigenvalue weighted by Crippen LogP contribution is -2.61. The smallest absolute Gasteiger partial charge is 0.331 e. The molecule has 0 saturated carbocycles. The molecule has 0 bridgehead atoms. The minimum Gasteiger partial charge on any atom is -0.504 e. The molecule has 2 aromatic rings. The molecule has 6 rings (SSSR count). The molecule has 2 fully saturated rings. The Labute approximate surface area is 275 Å². The lowest BCUT2D eigenvalue weighted by molar-refractivity contribution is -0.340. The zero-order chi connectivity index (χ0) is 34.3. The van der Waals surface area contributed by atoms with Gasteiger partial charge in [0, 0.05) is 24.5 Å². The first kappa shape index (κ1) is 33.3. The molecule has 6 N–H and O–H groups in total. The summed E-state index contributed by atoms with van der Waals surface area (Å²) in [4.78, 5) is 28.3. The van der Waals surface area contributed by atoms with Gasteiger partial charge in [0.1, 0.15) is 18.3 Å². The third-order valence-corrected chi connectivity index (χ3v) is 9.32. The van der Waals surface area contributed by atoms with E-state index < -0.39 is 67.4 Å². The van der Waals surface area contributed by atoms with Crippen molar-refractivity contribution >= 4 is 18.0 Å². The molecule has 9 unspecified atom stereocenters. The molecule has 9 atom stereocenters. The van der Waals surface area contributed by atoms with Crippen molar-refractivity contribution in [3.63, 3.8) is 0 Å². The van der Waals surface area contributed by atoms with Crippen LogP contribution in [0.2, 0.25) is 0 Å². The van der Waals surface area contributed by atoms with Crippen molar-refractivity contribution in [2.75, 3.05) is 20.3 Å². The zero-order valence-corrected chi connectivity index (χ0v) is 25.9. The highest BCUT2D eigenvalue weighted by Gasteiger charge is 2.52. The number of hydrogen-bond donors (Lipinski definition) is 6. The van der Waals surface area contributed by atoms with Crippen LogP contribution in [0.1, 0.15) is 29.2 Å². The molecule has 48 heavy (non-hydrogen) atoms. The van der Waals surface area contributed by atoms with Crippen LogP contribution in [0.4, 0.5) is 0 Å². The Morgan fingerprint density at radius 1 is 1.08 bits per heavy atom. The summed E-state index contributed by atoms with van der Waals surface area (Å²) in [5.41, 5.74) is 2.44. The minimum absolute atomic E-state index is 0.0881. The predicted molar refractivity (Wildman–Crippen MR) is 165 cm³/mol. The van der Waals surface area contributed by atoms with E-state index in [1.54, 1.807) is 11.0 Å². The maximum atomic E-state index is 13.7. The molecule has 2 saturated heterocycles. The van der Waals surface area contributed by atoms with E-state index in [9.17, 15) is 40.2 Å². The molecule has 0 radical (unpaired) electrons. The number of carbonyl (C=O) groups is 2. The van der Waals surface area contributed by atoms with E-state index in [0.29, 0.717) is 30.5 Å². The fraction of sp³-hybridized carbons (Fsp3) is 0.412. The molecule has 256 valence electrons. The molecule has 0 aromatic heterocycles. The SMILES string of the molecule is C=CC1C(OC2OC(CO)C(O)C(O)C2OC(=O)C=Cc2ccc(O)c(OC)c2)OC=C2C(=O)N3CCc4cc(O)c(O)cc4C3CC21. The second-order valence-corrected chi connectivity index (χ2v) is 12.0. The van der Waals surface area contributed by atoms with Crippen molar-refractivity contribution < 1.29 is 63.9 Å². The second-order valence-electron chi connectivity index (χ2n) is 12.0. The molecule has 14 nitrogen and oxygen atoms in total. The number of ether oxygens (including phenoxy) is 5. The van der Waals surface area contributed by atoms with E-state index in [1.807, 2.05) is 0 Å². The Morgan fingerprint density at radius 3 is 2.58 bits per heavy atom. The van der Waals surface area contributed by atoms with Crippen LogP contribution in [0.25, 0.3) is 6.08 Å². The average molecular weight is 668 g/mol. The molecule has 14 heteroatoms. The first-order chi connectivity index (χ1) is 23.0. The van der Waals surface area contributed by atoms with Crippen LogP contribution < -0.4 is 4.74 Å². The van der Waals surface area contributed by atoms with E-state index in [-0.39, 0.29) is 28.9 Å². The second kappa shape index (κ2) is 13.5. The van der Waals surface area contributed by atoms with Gasteiger partial charge in [-0.3, -0.25) is 4.79 Å². The first-order valence-electron chi connectivity index (χ1n) is 15.4. The van der Waals surface area contributed by atoms with Crippen LogP contribution >= 0.6 is 0 Å². The van der Waals surface area contributed by atoms with Gasteiger partial charge in [0.15, 0.2) is 29.1 Å². The summed E-state index contributed by atoms with van der Waals surface area (Å²) in [5.74, 6) is -2.71. The third kappa shape index (κ3) is 6.08. The largest absolute Gasteiger partial charge is 0.504 e. The van der Waals surface area contributed by atoms with Crippen LogP contribution in [0.15, 0.2) is 60.9 Å². The predicted octanol–water partition coefficient (Wildman–Crippen LogP) is 1.38. The number of piperidine rings is 1. The van der Waals surface area contributed by atoms with Crippen molar-refractivity contribution in [3.8, 4) is 23.0 Å². The summed E-state index contributed by atoms with van der Waals surface area (Å²) in [7, 11) is 1.38. The number of phenolic OH excluding ortho intramolecular Hbond substituents is 3. The summed E-state index contributed by atoms with van der Waals surface area (Å²) < 4.78 is 28.4. The molecular formula is C34H37NO13. The highest BCUT2D eigenvalue weighted by atomic mass is 16.8. The number of methoxy groups -OCH3 is 1. The molecule has 2 aromatic carbocycles. The molecular weight excluding hydrogens is 630 g/mol. The van der Waals surface area contributed by atoms with E-state index in [2.05, 4.69) is 6.58 Å². The number of carbonyl (C=O) groups excluding carboxylic acids is 2. The fourth-order valence-electron chi connectivity index (χ4n) is 6.80. The number of hydrogen-bond acceptors (Lipinski definition) is 13. The number of esters is 1. The summed E-state index contributed by atoms with van der Waals surface area (Å²) in [5, 5.41) is 61.4. The zero-order valence-electron chi connectivity index (χ0n) is 25.9. The Bertz CT molecular complexity index is 1640. The number of aromatic hydroxyl groups is 3. The quantitative estimate of drug-likeness (QED) is 0.102. The van der Waals surface area contributed by atoms with E-state index in [4.69, 9.17) is 23.7 Å². The summed E-state index contributed by atoms with van der Waals surface area (Å²) >= 11 is 0. The number of phenols is 3. The standard InChI is InChI=1S/C34H37NO13/c1-3-18-20-12-22-19-13-25(39)24(38)11-17(19)8-9-35(22)32(43)21(20)15-45-33(18)48-34-31(30(42)29(41)27(14-36)46-34)47-28(40)7-5-16-4-6-23(37)26(10-16)44-2/h3-7,10-11,13,15,18,20,22,27,29-31,33-34,36-39,41-42H,1,8-9,12,14H2,2H3. The number of rotatable bonds is 8. The molecule has 0 spiro atoms. The van der Waals surface area contributed by atoms with Gasteiger partial charge in [-0.15, -0.1) is 6.58 Å². The highest BCUT2D eigenvalue weighted by Crippen LogP contribution is 2.49. The number of aliphatic hydroxyl groups excluding tert-OH is 3. The number of aliphatic hydroxyl groups is 3. The number of amides is 1. The van der Waals surface area contributed by atoms with Crippen molar-refractivity contribution in [1.29, 1.82) is 0 Å². The highest BCUT2D eigenvalue weighted by molar-refractivity contribution is 5.95. The van der Waals surface area contributed by atoms with E-state index in [1.165, 1.54) is 49.8 Å². The number of nitrogens with zero attached hydrogens (tertiary/aromatic N) is 1. The van der Waals surface area contributed by atoms with Crippen molar-refractivity contribution in [2.45, 2.75) is 55.9 Å². The van der Waals surface area contributed by atoms with Gasteiger partial charge in [-0.25, -0.2) is 4.79 Å². The Morgan fingerprint density at radius 2 is 1.85 bits per heavy atom. The van der Waals surface area contributed by atoms with Gasteiger partial charge in [0.05, 0.1) is 31.6 Å². The monoisotopic (exact) mass is 667 g/mol. The third-order valence-electron chi connectivity index (χ3n) is 9.32. The lowest BCUT2D eigenvalue weighted by Gasteiger charge is -2.49. The summed E-state index contributed by atoms with van der Waals surface area (Å²) in [6.07, 6.45) is -2.65. The van der Waals surface area contributed by atoms with Crippen molar-refractivity contribution in [2.24, 2.45) is 11.8 Å². The van der Waals surface area contributed by atoms with Gasteiger partial charge in [0.25, 0.3) is 5.91 Å². The number of fused-ring (bicyclic) bond motifs is 4. The maximum absolute atomic E-state index is 13.7. The van der Waals surface area contributed by atoms with Gasteiger partial charge >= 0.3 is 5.97 Å². The Kier molecular flexibility index (Phi) is 9.36. The van der Waals surface area contributed by atoms with Crippen LogP contribution in [0.5, 0.6) is 23.0 Å². The van der Waals surface area contributed by atoms with Gasteiger partial charge in [0.2, 0.25) is 12.6 Å². The van der Waals surface area contributed by atoms with Gasteiger partial charge in [-0.1, -0.05) is 12.1 Å². The van der Waals surface area contributed by atoms with Crippen molar-refractivity contribution in [3.05, 3.63) is 77.6 Å². The van der Waals surface area contributed by atoms with Gasteiger partial charge in [-0.05, 0) is 59.9 Å². The average Bonchev–Trinajstić information content (AvgIpc) is 3.08. The number of benzene rings is 2. The van der Waals surface area contributed by atoms with Crippen LogP contribution in [0, 0.1) is 11.8 Å². The molecule has 1 amide bonds. The minimum atomic E-state index is -1.73. The maximum Gasteiger partial charge on any atom is 0.331 e. The molecule has 4 aliphatic heterocycles. The van der Waals surface area contributed by atoms with Crippen LogP contribution in [-0.2, 0) is 35.0 Å². The molecule has 4 heterocycles. The Hall–Kier alpha value is -4.60. The molecule has 0 aliphatic carbocycles. The van der Waals surface area contributed by atoms with Crippen molar-refractivity contribution in [1.82, 2.24) is 4.90 Å². The first-order valence-corrected chi connectivity index (χ1v) is 15.4. The summed E-state index contributed by atoms with van der Waals surface area (Å²) in [6.45, 7) is 3.66. The summed E-state index contributed by atoms with van der Waals surface area (Å²) in [6, 6.07) is 6.98. The van der Waals surface area contributed by atoms with Crippen LogP contribution in [-0.4, -0.2) is 105 Å². The van der Waals surface area contributed by atoms with Gasteiger partial charge < -0.3 is 59.2 Å². The lowest BCUT2D eigenvalue weighted by atomic mass is 9.73. The van der Waals surface area contributed by atoms with E-state index in [0.717, 1.165) is 17.2 Å². The topological polar surface area (TPSA) is 205 Å². The van der Waals surface area contributed by atoms with E-state index >= 15 is 0 Å².